The lowest BCUT2D eigenvalue weighted by Gasteiger charge is -2.29. The van der Waals surface area contributed by atoms with E-state index in [0.717, 1.165) is 108 Å². The van der Waals surface area contributed by atoms with E-state index in [-0.39, 0.29) is 25.0 Å². The Bertz CT molecular complexity index is 891. The van der Waals surface area contributed by atoms with Gasteiger partial charge >= 0.3 is 11.9 Å². The van der Waals surface area contributed by atoms with Gasteiger partial charge in [-0.2, -0.15) is 0 Å². The number of carbonyl (C=O) groups is 2. The van der Waals surface area contributed by atoms with Gasteiger partial charge < -0.3 is 14.2 Å². The lowest BCUT2D eigenvalue weighted by atomic mass is 9.82. The summed E-state index contributed by atoms with van der Waals surface area (Å²) in [6.45, 7) is 4.84. The van der Waals surface area contributed by atoms with Crippen molar-refractivity contribution in [3.63, 3.8) is 0 Å². The van der Waals surface area contributed by atoms with Gasteiger partial charge in [0.15, 0.2) is 12.3 Å². The Kier molecular flexibility index (Phi) is 15.7. The van der Waals surface area contributed by atoms with E-state index in [1.807, 2.05) is 12.1 Å². The van der Waals surface area contributed by atoms with Crippen molar-refractivity contribution in [2.45, 2.75) is 160 Å². The van der Waals surface area contributed by atoms with Gasteiger partial charge in [-0.1, -0.05) is 64.5 Å². The van der Waals surface area contributed by atoms with Crippen LogP contribution in [0.15, 0.2) is 24.3 Å². The van der Waals surface area contributed by atoms with E-state index >= 15 is 0 Å². The molecule has 0 N–H and O–H groups in total. The van der Waals surface area contributed by atoms with Gasteiger partial charge in [-0.15, -0.1) is 0 Å². The quantitative estimate of drug-likeness (QED) is 0.126. The normalized spacial score (nSPS) is 24.0. The third-order valence-electron chi connectivity index (χ3n) is 9.00. The largest absolute Gasteiger partial charge is 0.493 e. The van der Waals surface area contributed by atoms with Crippen molar-refractivity contribution < 1.29 is 32.6 Å². The number of rotatable bonds is 18. The Balaban J connectivity index is 1.29. The molecule has 0 aromatic heterocycles. The second-order valence-corrected chi connectivity index (χ2v) is 12.5. The lowest BCUT2D eigenvalue weighted by Crippen LogP contribution is -2.30. The summed E-state index contributed by atoms with van der Waals surface area (Å²) in [5.41, 5.74) is 1.25. The Morgan fingerprint density at radius 1 is 0.690 bits per heavy atom. The molecular weight excluding hydrogens is 538 g/mol. The van der Waals surface area contributed by atoms with E-state index in [9.17, 15) is 18.4 Å². The number of alkyl halides is 2. The molecule has 0 radical (unpaired) electrons. The molecule has 2 atom stereocenters. The van der Waals surface area contributed by atoms with Gasteiger partial charge in [-0.05, 0) is 107 Å². The van der Waals surface area contributed by atoms with Gasteiger partial charge in [-0.3, -0.25) is 0 Å². The van der Waals surface area contributed by atoms with Crippen LogP contribution in [0.4, 0.5) is 8.78 Å². The van der Waals surface area contributed by atoms with Crippen LogP contribution in [0.1, 0.15) is 141 Å². The fourth-order valence-electron chi connectivity index (χ4n) is 6.19. The highest BCUT2D eigenvalue weighted by atomic mass is 19.1. The Hall–Kier alpha value is -2.18. The average Bonchev–Trinajstić information content (AvgIpc) is 3.01. The summed E-state index contributed by atoms with van der Waals surface area (Å²) in [6, 6.07) is 8.27. The van der Waals surface area contributed by atoms with Crippen LogP contribution < -0.4 is 4.74 Å². The maximum absolute atomic E-state index is 14.2. The van der Waals surface area contributed by atoms with E-state index in [1.54, 1.807) is 0 Å². The average molecular weight is 593 g/mol. The summed E-state index contributed by atoms with van der Waals surface area (Å²) in [4.78, 5) is 24.2. The molecule has 42 heavy (non-hydrogen) atoms. The van der Waals surface area contributed by atoms with Crippen molar-refractivity contribution in [1.82, 2.24) is 0 Å². The number of esters is 2. The molecule has 0 aliphatic heterocycles. The van der Waals surface area contributed by atoms with Crippen molar-refractivity contribution in [3.8, 4) is 5.75 Å². The molecule has 2 aliphatic rings. The fourth-order valence-corrected chi connectivity index (χ4v) is 6.19. The van der Waals surface area contributed by atoms with Gasteiger partial charge in [0, 0.05) is 0 Å². The van der Waals surface area contributed by atoms with Crippen molar-refractivity contribution >= 4 is 11.9 Å². The van der Waals surface area contributed by atoms with Gasteiger partial charge in [-0.25, -0.2) is 18.4 Å². The standard InChI is InChI=1S/C35H54F2O5/c1-3-5-7-9-11-32(36)34(38)41-30-19-13-26(14-20-30)25-40-29-21-15-27(16-22-29)28-17-23-31(24-18-28)42-35(39)33(37)12-10-8-6-4-2/h15-16,21-22,26,28,30-33H,3-14,17-20,23-25H2,1-2H3/t26-,28-,30-,31-,32-,33-/m0/s1. The van der Waals surface area contributed by atoms with Crippen LogP contribution >= 0.6 is 0 Å². The molecule has 238 valence electrons. The van der Waals surface area contributed by atoms with E-state index in [1.165, 1.54) is 5.56 Å². The highest BCUT2D eigenvalue weighted by molar-refractivity contribution is 5.75. The molecule has 3 rings (SSSR count). The number of halogens is 2. The molecule has 2 aliphatic carbocycles. The predicted molar refractivity (Wildman–Crippen MR) is 162 cm³/mol. The molecule has 5 nitrogen and oxygen atoms in total. The number of hydrogen-bond acceptors (Lipinski definition) is 5. The molecule has 0 spiro atoms. The lowest BCUT2D eigenvalue weighted by molar-refractivity contribution is -0.158. The minimum absolute atomic E-state index is 0.183. The molecule has 0 unspecified atom stereocenters. The maximum atomic E-state index is 14.2. The SMILES string of the molecule is CCCCCC[C@H](F)C(=O)O[C@H]1CC[C@H](COc2ccc([C@H]3CC[C@H](OC(=O)[C@@H](F)CCCCCC)CC3)cc2)CC1. The first-order valence-corrected chi connectivity index (χ1v) is 16.8. The van der Waals surface area contributed by atoms with Crippen LogP contribution in [-0.4, -0.2) is 43.1 Å². The maximum Gasteiger partial charge on any atom is 0.340 e. The Morgan fingerprint density at radius 2 is 1.17 bits per heavy atom. The molecule has 0 heterocycles. The smallest absolute Gasteiger partial charge is 0.340 e. The highest BCUT2D eigenvalue weighted by Gasteiger charge is 2.29. The number of unbranched alkanes of at least 4 members (excludes halogenated alkanes) is 6. The van der Waals surface area contributed by atoms with E-state index < -0.39 is 24.3 Å². The molecule has 0 bridgehead atoms. The van der Waals surface area contributed by atoms with Crippen molar-refractivity contribution in [2.24, 2.45) is 5.92 Å². The third kappa shape index (κ3) is 12.2. The Morgan fingerprint density at radius 3 is 1.64 bits per heavy atom. The van der Waals surface area contributed by atoms with Crippen LogP contribution in [0.3, 0.4) is 0 Å². The summed E-state index contributed by atoms with van der Waals surface area (Å²) < 4.78 is 45.3. The summed E-state index contributed by atoms with van der Waals surface area (Å²) >= 11 is 0. The zero-order valence-electron chi connectivity index (χ0n) is 26.0. The van der Waals surface area contributed by atoms with Crippen molar-refractivity contribution in [2.75, 3.05) is 6.61 Å². The number of carbonyl (C=O) groups excluding carboxylic acids is 2. The molecule has 1 aromatic carbocycles. The molecule has 2 fully saturated rings. The van der Waals surface area contributed by atoms with Crippen LogP contribution in [0.5, 0.6) is 5.75 Å². The van der Waals surface area contributed by atoms with Gasteiger partial charge in [0.05, 0.1) is 6.61 Å². The number of benzene rings is 1. The summed E-state index contributed by atoms with van der Waals surface area (Å²) in [6.07, 6.45) is 11.5. The van der Waals surface area contributed by atoms with E-state index in [4.69, 9.17) is 14.2 Å². The summed E-state index contributed by atoms with van der Waals surface area (Å²) in [7, 11) is 0. The van der Waals surface area contributed by atoms with E-state index in [2.05, 4.69) is 26.0 Å². The van der Waals surface area contributed by atoms with Crippen LogP contribution in [0, 0.1) is 5.92 Å². The second-order valence-electron chi connectivity index (χ2n) is 12.5. The molecule has 0 amide bonds. The number of ether oxygens (including phenoxy) is 3. The highest BCUT2D eigenvalue weighted by Crippen LogP contribution is 2.35. The first-order chi connectivity index (χ1) is 20.4. The van der Waals surface area contributed by atoms with Gasteiger partial charge in [0.1, 0.15) is 18.0 Å². The zero-order valence-corrected chi connectivity index (χ0v) is 26.0. The third-order valence-corrected chi connectivity index (χ3v) is 9.00. The van der Waals surface area contributed by atoms with Gasteiger partial charge in [0.2, 0.25) is 0 Å². The van der Waals surface area contributed by atoms with Crippen molar-refractivity contribution in [1.29, 1.82) is 0 Å². The zero-order chi connectivity index (χ0) is 30.2. The molecular formula is C35H54F2O5. The second kappa shape index (κ2) is 19.2. The minimum Gasteiger partial charge on any atom is -0.493 e. The predicted octanol–water partition coefficient (Wildman–Crippen LogP) is 9.35. The molecule has 1 aromatic rings. The fraction of sp³-hybridized carbons (Fsp3) is 0.771. The topological polar surface area (TPSA) is 61.8 Å². The first kappa shape index (κ1) is 34.3. The van der Waals surface area contributed by atoms with Crippen LogP contribution in [-0.2, 0) is 19.1 Å². The summed E-state index contributed by atoms with van der Waals surface area (Å²) in [5.74, 6) is 0.261. The minimum atomic E-state index is -1.50. The first-order valence-electron chi connectivity index (χ1n) is 16.8. The Labute approximate surface area is 252 Å². The van der Waals surface area contributed by atoms with Gasteiger partial charge in [0.25, 0.3) is 0 Å². The summed E-state index contributed by atoms with van der Waals surface area (Å²) in [5, 5.41) is 0. The van der Waals surface area contributed by atoms with Crippen LogP contribution in [0.25, 0.3) is 0 Å². The molecule has 0 saturated heterocycles. The van der Waals surface area contributed by atoms with Crippen LogP contribution in [0.2, 0.25) is 0 Å². The molecule has 2 saturated carbocycles. The monoisotopic (exact) mass is 592 g/mol. The van der Waals surface area contributed by atoms with Crippen molar-refractivity contribution in [3.05, 3.63) is 29.8 Å². The van der Waals surface area contributed by atoms with E-state index in [0.29, 0.717) is 18.4 Å². The number of hydrogen-bond donors (Lipinski definition) is 0. The molecule has 7 heteroatoms.